The van der Waals surface area contributed by atoms with Crippen LogP contribution in [0.2, 0.25) is 0 Å². The topological polar surface area (TPSA) is 60.2 Å². The average molecular weight is 379 g/mol. The number of carbonyl (C=O) groups excluding carboxylic acids is 1. The maximum atomic E-state index is 12.7. The van der Waals surface area contributed by atoms with E-state index < -0.39 is 0 Å². The zero-order chi connectivity index (χ0) is 16.6. The third kappa shape index (κ3) is 3.24. The normalized spacial score (nSPS) is 17.6. The molecule has 0 spiro atoms. The van der Waals surface area contributed by atoms with Gasteiger partial charge < -0.3 is 9.64 Å². The summed E-state index contributed by atoms with van der Waals surface area (Å²) in [6.45, 7) is 5.05. The van der Waals surface area contributed by atoms with E-state index >= 15 is 0 Å². The van der Waals surface area contributed by atoms with E-state index in [9.17, 15) is 4.79 Å². The Morgan fingerprint density at radius 2 is 2.17 bits per heavy atom. The molecule has 1 aliphatic heterocycles. The lowest BCUT2D eigenvalue weighted by molar-refractivity contribution is 0.0769. The van der Waals surface area contributed by atoms with Crippen molar-refractivity contribution in [1.29, 1.82) is 0 Å². The van der Waals surface area contributed by atoms with Gasteiger partial charge in [0, 0.05) is 42.4 Å². The molecule has 2 aromatic heterocycles. The maximum Gasteiger partial charge on any atom is 0.257 e. The minimum absolute atomic E-state index is 0.0232. The van der Waals surface area contributed by atoms with E-state index in [2.05, 4.69) is 26.0 Å². The van der Waals surface area contributed by atoms with Crippen molar-refractivity contribution in [1.82, 2.24) is 19.7 Å². The van der Waals surface area contributed by atoms with Crippen molar-refractivity contribution in [2.45, 2.75) is 26.4 Å². The highest BCUT2D eigenvalue weighted by atomic mass is 79.9. The van der Waals surface area contributed by atoms with Crippen LogP contribution in [-0.4, -0.2) is 44.8 Å². The van der Waals surface area contributed by atoms with Gasteiger partial charge in [0.25, 0.3) is 5.91 Å². The second-order valence-corrected chi connectivity index (χ2v) is 6.68. The summed E-state index contributed by atoms with van der Waals surface area (Å²) in [4.78, 5) is 18.8. The number of likely N-dealkylation sites (tertiary alicyclic amines) is 1. The van der Waals surface area contributed by atoms with Crippen LogP contribution in [0.5, 0.6) is 5.88 Å². The van der Waals surface area contributed by atoms with Gasteiger partial charge in [-0.2, -0.15) is 5.10 Å². The van der Waals surface area contributed by atoms with Crippen LogP contribution in [0.15, 0.2) is 22.8 Å². The van der Waals surface area contributed by atoms with Crippen molar-refractivity contribution >= 4 is 21.8 Å². The van der Waals surface area contributed by atoms with E-state index in [4.69, 9.17) is 4.74 Å². The highest BCUT2D eigenvalue weighted by Gasteiger charge is 2.31. The lowest BCUT2D eigenvalue weighted by atomic mass is 10.2. The maximum absolute atomic E-state index is 12.7. The van der Waals surface area contributed by atoms with Crippen LogP contribution in [0.3, 0.4) is 0 Å². The van der Waals surface area contributed by atoms with Gasteiger partial charge in [-0.1, -0.05) is 0 Å². The van der Waals surface area contributed by atoms with Crippen molar-refractivity contribution < 1.29 is 9.53 Å². The van der Waals surface area contributed by atoms with Gasteiger partial charge in [0.05, 0.1) is 17.8 Å². The molecule has 7 heteroatoms. The first kappa shape index (κ1) is 16.0. The summed E-state index contributed by atoms with van der Waals surface area (Å²) in [5.74, 6) is 0.615. The van der Waals surface area contributed by atoms with Crippen LogP contribution in [0.4, 0.5) is 0 Å². The first-order chi connectivity index (χ1) is 11.0. The molecule has 1 saturated heterocycles. The van der Waals surface area contributed by atoms with Crippen molar-refractivity contribution in [2.75, 3.05) is 13.1 Å². The fourth-order valence-electron chi connectivity index (χ4n) is 2.85. The minimum atomic E-state index is -0.0232. The van der Waals surface area contributed by atoms with Crippen LogP contribution >= 0.6 is 15.9 Å². The molecule has 0 bridgehead atoms. The zero-order valence-electron chi connectivity index (χ0n) is 13.4. The molecular weight excluding hydrogens is 360 g/mol. The molecule has 3 heterocycles. The smallest absolute Gasteiger partial charge is 0.257 e. The van der Waals surface area contributed by atoms with Crippen molar-refractivity contribution in [3.05, 3.63) is 39.8 Å². The Hall–Kier alpha value is -1.89. The zero-order valence-corrected chi connectivity index (χ0v) is 15.0. The fourth-order valence-corrected chi connectivity index (χ4v) is 3.09. The molecule has 0 aliphatic carbocycles. The Balaban J connectivity index is 1.67. The van der Waals surface area contributed by atoms with Gasteiger partial charge in [-0.3, -0.25) is 9.48 Å². The molecule has 0 aromatic carbocycles. The predicted molar refractivity (Wildman–Crippen MR) is 89.6 cm³/mol. The van der Waals surface area contributed by atoms with E-state index in [1.165, 1.54) is 0 Å². The molecule has 0 saturated carbocycles. The minimum Gasteiger partial charge on any atom is -0.472 e. The molecule has 1 amide bonds. The highest BCUT2D eigenvalue weighted by molar-refractivity contribution is 9.10. The molecule has 1 fully saturated rings. The van der Waals surface area contributed by atoms with Crippen LogP contribution in [0.1, 0.15) is 28.2 Å². The van der Waals surface area contributed by atoms with E-state index in [0.29, 0.717) is 24.5 Å². The van der Waals surface area contributed by atoms with Gasteiger partial charge in [0.15, 0.2) is 0 Å². The molecule has 0 radical (unpaired) electrons. The van der Waals surface area contributed by atoms with Gasteiger partial charge >= 0.3 is 0 Å². The number of aryl methyl sites for hydroxylation is 2. The molecule has 1 atom stereocenters. The molecule has 3 rings (SSSR count). The molecule has 1 unspecified atom stereocenters. The SMILES string of the molecule is Cc1nn(C)c(C)c1C(=O)N1CCC(Oc2ccc(Br)cn2)C1. The number of rotatable bonds is 3. The lowest BCUT2D eigenvalue weighted by Gasteiger charge is -2.17. The number of nitrogens with zero attached hydrogens (tertiary/aromatic N) is 4. The summed E-state index contributed by atoms with van der Waals surface area (Å²) in [5, 5.41) is 4.32. The van der Waals surface area contributed by atoms with Crippen molar-refractivity contribution in [3.63, 3.8) is 0 Å². The summed E-state index contributed by atoms with van der Waals surface area (Å²) in [6, 6.07) is 3.71. The van der Waals surface area contributed by atoms with Gasteiger partial charge in [-0.05, 0) is 35.8 Å². The summed E-state index contributed by atoms with van der Waals surface area (Å²) >= 11 is 3.35. The number of ether oxygens (including phenoxy) is 1. The molecule has 23 heavy (non-hydrogen) atoms. The van der Waals surface area contributed by atoms with Crippen molar-refractivity contribution in [2.24, 2.45) is 7.05 Å². The first-order valence-corrected chi connectivity index (χ1v) is 8.32. The Labute approximate surface area is 143 Å². The van der Waals surface area contributed by atoms with Crippen LogP contribution in [0, 0.1) is 13.8 Å². The van der Waals surface area contributed by atoms with Crippen LogP contribution in [0.25, 0.3) is 0 Å². The fraction of sp³-hybridized carbons (Fsp3) is 0.438. The van der Waals surface area contributed by atoms with Gasteiger partial charge in [-0.15, -0.1) is 0 Å². The van der Waals surface area contributed by atoms with E-state index in [1.807, 2.05) is 37.9 Å². The monoisotopic (exact) mass is 378 g/mol. The summed E-state index contributed by atoms with van der Waals surface area (Å²) in [7, 11) is 1.86. The molecule has 2 aromatic rings. The average Bonchev–Trinajstić information content (AvgIpc) is 3.07. The molecule has 0 N–H and O–H groups in total. The van der Waals surface area contributed by atoms with Crippen molar-refractivity contribution in [3.8, 4) is 5.88 Å². The summed E-state index contributed by atoms with van der Waals surface area (Å²) < 4.78 is 8.53. The van der Waals surface area contributed by atoms with Gasteiger partial charge in [0.1, 0.15) is 6.10 Å². The molecule has 122 valence electrons. The quantitative estimate of drug-likeness (QED) is 0.822. The number of amides is 1. The second kappa shape index (κ2) is 6.31. The Kier molecular flexibility index (Phi) is 4.39. The predicted octanol–water partition coefficient (Wildman–Crippen LogP) is 2.49. The lowest BCUT2D eigenvalue weighted by Crippen LogP contribution is -2.31. The Bertz CT molecular complexity index is 726. The highest BCUT2D eigenvalue weighted by Crippen LogP contribution is 2.22. The Morgan fingerprint density at radius 3 is 2.78 bits per heavy atom. The van der Waals surface area contributed by atoms with Gasteiger partial charge in [-0.25, -0.2) is 4.98 Å². The summed E-state index contributed by atoms with van der Waals surface area (Å²) in [6.07, 6.45) is 2.49. The summed E-state index contributed by atoms with van der Waals surface area (Å²) in [5.41, 5.74) is 2.37. The molecular formula is C16H19BrN4O2. The second-order valence-electron chi connectivity index (χ2n) is 5.76. The Morgan fingerprint density at radius 1 is 1.39 bits per heavy atom. The number of pyridine rings is 1. The molecule has 1 aliphatic rings. The van der Waals surface area contributed by atoms with Crippen LogP contribution in [-0.2, 0) is 7.05 Å². The third-order valence-corrected chi connectivity index (χ3v) is 4.61. The standard InChI is InChI=1S/C16H19BrN4O2/c1-10-15(11(2)20(3)19-10)16(22)21-7-6-13(9-21)23-14-5-4-12(17)8-18-14/h4-5,8,13H,6-7,9H2,1-3H3. The van der Waals surface area contributed by atoms with E-state index in [1.54, 1.807) is 10.9 Å². The molecule has 6 nitrogen and oxygen atoms in total. The van der Waals surface area contributed by atoms with E-state index in [0.717, 1.165) is 22.3 Å². The number of carbonyl (C=O) groups is 1. The van der Waals surface area contributed by atoms with E-state index in [-0.39, 0.29) is 12.0 Å². The third-order valence-electron chi connectivity index (χ3n) is 4.14. The number of halogens is 1. The largest absolute Gasteiger partial charge is 0.472 e. The number of hydrogen-bond donors (Lipinski definition) is 0. The van der Waals surface area contributed by atoms with Gasteiger partial charge in [0.2, 0.25) is 5.88 Å². The number of hydrogen-bond acceptors (Lipinski definition) is 4. The van der Waals surface area contributed by atoms with Crippen LogP contribution < -0.4 is 4.74 Å². The number of aromatic nitrogens is 3. The first-order valence-electron chi connectivity index (χ1n) is 7.53.